The lowest BCUT2D eigenvalue weighted by Gasteiger charge is -2.32. The quantitative estimate of drug-likeness (QED) is 0.794. The van der Waals surface area contributed by atoms with Gasteiger partial charge in [-0.1, -0.05) is 19.3 Å². The maximum absolute atomic E-state index is 5.47. The molecule has 2 heteroatoms. The smallest absolute Gasteiger partial charge is 0.0509 e. The topological polar surface area (TPSA) is 21.3 Å². The zero-order chi connectivity index (χ0) is 11.4. The largest absolute Gasteiger partial charge is 0.381 e. The Hall–Kier alpha value is -0.0800. The van der Waals surface area contributed by atoms with Crippen LogP contribution in [0.1, 0.15) is 52.4 Å². The summed E-state index contributed by atoms with van der Waals surface area (Å²) in [5.74, 6) is 1.66. The fourth-order valence-corrected chi connectivity index (χ4v) is 3.27. The summed E-state index contributed by atoms with van der Waals surface area (Å²) in [5, 5.41) is 3.81. The molecule has 2 fully saturated rings. The van der Waals surface area contributed by atoms with Crippen LogP contribution in [0, 0.1) is 11.8 Å². The van der Waals surface area contributed by atoms with E-state index in [1.165, 1.54) is 38.5 Å². The van der Waals surface area contributed by atoms with Crippen LogP contribution in [0.4, 0.5) is 0 Å². The van der Waals surface area contributed by atoms with Gasteiger partial charge >= 0.3 is 0 Å². The van der Waals surface area contributed by atoms with E-state index in [-0.39, 0.29) is 0 Å². The molecule has 16 heavy (non-hydrogen) atoms. The van der Waals surface area contributed by atoms with Crippen molar-refractivity contribution >= 4 is 0 Å². The molecule has 2 aliphatic rings. The molecule has 0 spiro atoms. The Morgan fingerprint density at radius 3 is 2.25 bits per heavy atom. The number of hydrogen-bond acceptors (Lipinski definition) is 2. The van der Waals surface area contributed by atoms with Crippen molar-refractivity contribution in [1.29, 1.82) is 0 Å². The van der Waals surface area contributed by atoms with Crippen molar-refractivity contribution in [3.8, 4) is 0 Å². The fraction of sp³-hybridized carbons (Fsp3) is 1.00. The van der Waals surface area contributed by atoms with Crippen molar-refractivity contribution < 1.29 is 4.74 Å². The van der Waals surface area contributed by atoms with Crippen LogP contribution in [-0.2, 0) is 4.74 Å². The minimum Gasteiger partial charge on any atom is -0.381 e. The molecule has 2 unspecified atom stereocenters. The first-order valence-electron chi connectivity index (χ1n) is 7.11. The Balaban J connectivity index is 1.74. The molecule has 1 saturated heterocycles. The first-order chi connectivity index (χ1) is 7.77. The fourth-order valence-electron chi connectivity index (χ4n) is 3.27. The molecule has 1 saturated carbocycles. The second kappa shape index (κ2) is 6.02. The first-order valence-corrected chi connectivity index (χ1v) is 7.11. The van der Waals surface area contributed by atoms with Crippen LogP contribution in [0.5, 0.6) is 0 Å². The average molecular weight is 225 g/mol. The second-order valence-electron chi connectivity index (χ2n) is 5.77. The monoisotopic (exact) mass is 225 g/mol. The van der Waals surface area contributed by atoms with Gasteiger partial charge in [0, 0.05) is 18.7 Å². The molecule has 0 aromatic carbocycles. The lowest BCUT2D eigenvalue weighted by Crippen LogP contribution is -2.43. The SMILES string of the molecule is CC(N[C@@H](C)C1CCCCC1)C1CCOC1. The lowest BCUT2D eigenvalue weighted by atomic mass is 9.84. The third-order valence-electron chi connectivity index (χ3n) is 4.55. The van der Waals surface area contributed by atoms with Crippen molar-refractivity contribution in [3.63, 3.8) is 0 Å². The zero-order valence-electron chi connectivity index (χ0n) is 10.9. The maximum atomic E-state index is 5.47. The van der Waals surface area contributed by atoms with Gasteiger partial charge in [0.15, 0.2) is 0 Å². The highest BCUT2D eigenvalue weighted by Crippen LogP contribution is 2.27. The average Bonchev–Trinajstić information content (AvgIpc) is 2.83. The van der Waals surface area contributed by atoms with Gasteiger partial charge in [0.1, 0.15) is 0 Å². The molecule has 2 rings (SSSR count). The van der Waals surface area contributed by atoms with Crippen LogP contribution >= 0.6 is 0 Å². The van der Waals surface area contributed by atoms with E-state index in [4.69, 9.17) is 4.74 Å². The molecular weight excluding hydrogens is 198 g/mol. The van der Waals surface area contributed by atoms with Crippen molar-refractivity contribution in [3.05, 3.63) is 0 Å². The van der Waals surface area contributed by atoms with Gasteiger partial charge in [0.05, 0.1) is 6.61 Å². The minimum absolute atomic E-state index is 0.624. The summed E-state index contributed by atoms with van der Waals surface area (Å²) in [6.45, 7) is 6.64. The summed E-state index contributed by atoms with van der Waals surface area (Å²) in [6, 6.07) is 1.32. The number of nitrogens with one attached hydrogen (secondary N) is 1. The molecule has 1 aliphatic carbocycles. The Morgan fingerprint density at radius 2 is 1.62 bits per heavy atom. The van der Waals surface area contributed by atoms with Gasteiger partial charge < -0.3 is 10.1 Å². The van der Waals surface area contributed by atoms with Gasteiger partial charge in [-0.3, -0.25) is 0 Å². The molecule has 0 aromatic heterocycles. The second-order valence-corrected chi connectivity index (χ2v) is 5.77. The van der Waals surface area contributed by atoms with Crippen LogP contribution in [0.3, 0.4) is 0 Å². The van der Waals surface area contributed by atoms with Gasteiger partial charge in [0.25, 0.3) is 0 Å². The van der Waals surface area contributed by atoms with Crippen molar-refractivity contribution in [2.24, 2.45) is 11.8 Å². The van der Waals surface area contributed by atoms with Crippen LogP contribution in [0.25, 0.3) is 0 Å². The molecule has 2 nitrogen and oxygen atoms in total. The standard InChI is InChI=1S/C14H27NO/c1-11(13-6-4-3-5-7-13)15-12(2)14-8-9-16-10-14/h11-15H,3-10H2,1-2H3/t11-,12?,14?/m0/s1. The van der Waals surface area contributed by atoms with E-state index in [2.05, 4.69) is 19.2 Å². The number of hydrogen-bond donors (Lipinski definition) is 1. The first kappa shape index (κ1) is 12.4. The molecule has 3 atom stereocenters. The molecule has 1 N–H and O–H groups in total. The maximum Gasteiger partial charge on any atom is 0.0509 e. The van der Waals surface area contributed by atoms with E-state index in [9.17, 15) is 0 Å². The van der Waals surface area contributed by atoms with Crippen molar-refractivity contribution in [2.45, 2.75) is 64.5 Å². The molecule has 0 radical (unpaired) electrons. The molecule has 1 heterocycles. The minimum atomic E-state index is 0.624. The third kappa shape index (κ3) is 3.21. The number of rotatable bonds is 4. The molecule has 0 amide bonds. The highest BCUT2D eigenvalue weighted by molar-refractivity contribution is 4.82. The molecule has 1 aliphatic heterocycles. The summed E-state index contributed by atoms with van der Waals surface area (Å²) in [7, 11) is 0. The third-order valence-corrected chi connectivity index (χ3v) is 4.55. The highest BCUT2D eigenvalue weighted by Gasteiger charge is 2.26. The summed E-state index contributed by atoms with van der Waals surface area (Å²) >= 11 is 0. The number of ether oxygens (including phenoxy) is 1. The lowest BCUT2D eigenvalue weighted by molar-refractivity contribution is 0.172. The Labute approximate surface area is 100 Å². The zero-order valence-corrected chi connectivity index (χ0v) is 10.9. The van der Waals surface area contributed by atoms with Crippen LogP contribution in [-0.4, -0.2) is 25.3 Å². The van der Waals surface area contributed by atoms with E-state index in [1.807, 2.05) is 0 Å². The van der Waals surface area contributed by atoms with Crippen LogP contribution in [0.2, 0.25) is 0 Å². The predicted octanol–water partition coefficient (Wildman–Crippen LogP) is 2.97. The predicted molar refractivity (Wildman–Crippen MR) is 67.6 cm³/mol. The highest BCUT2D eigenvalue weighted by atomic mass is 16.5. The van der Waals surface area contributed by atoms with E-state index >= 15 is 0 Å². The van der Waals surface area contributed by atoms with E-state index in [0.717, 1.165) is 25.0 Å². The Bertz CT molecular complexity index is 195. The van der Waals surface area contributed by atoms with Gasteiger partial charge in [-0.05, 0) is 44.9 Å². The Morgan fingerprint density at radius 1 is 0.938 bits per heavy atom. The summed E-state index contributed by atoms with van der Waals surface area (Å²) in [6.07, 6.45) is 8.44. The summed E-state index contributed by atoms with van der Waals surface area (Å²) in [5.41, 5.74) is 0. The van der Waals surface area contributed by atoms with E-state index < -0.39 is 0 Å². The molecule has 0 bridgehead atoms. The van der Waals surface area contributed by atoms with Crippen molar-refractivity contribution in [1.82, 2.24) is 5.32 Å². The van der Waals surface area contributed by atoms with Gasteiger partial charge in [-0.25, -0.2) is 0 Å². The molecule has 94 valence electrons. The van der Waals surface area contributed by atoms with Gasteiger partial charge in [-0.15, -0.1) is 0 Å². The van der Waals surface area contributed by atoms with Crippen LogP contribution < -0.4 is 5.32 Å². The summed E-state index contributed by atoms with van der Waals surface area (Å²) in [4.78, 5) is 0. The van der Waals surface area contributed by atoms with E-state index in [0.29, 0.717) is 12.1 Å². The van der Waals surface area contributed by atoms with Crippen molar-refractivity contribution in [2.75, 3.05) is 13.2 Å². The van der Waals surface area contributed by atoms with Crippen LogP contribution in [0.15, 0.2) is 0 Å². The molecule has 0 aromatic rings. The van der Waals surface area contributed by atoms with E-state index in [1.54, 1.807) is 0 Å². The Kier molecular flexibility index (Phi) is 4.66. The van der Waals surface area contributed by atoms with Gasteiger partial charge in [0.2, 0.25) is 0 Å². The van der Waals surface area contributed by atoms with Gasteiger partial charge in [-0.2, -0.15) is 0 Å². The summed E-state index contributed by atoms with van der Waals surface area (Å²) < 4.78 is 5.47. The molecular formula is C14H27NO. The normalized spacial score (nSPS) is 31.5.